The average Bonchev–Trinajstić information content (AvgIpc) is 1.79. The van der Waals surface area contributed by atoms with E-state index in [1.54, 1.807) is 0 Å². The van der Waals surface area contributed by atoms with E-state index in [0.717, 1.165) is 0 Å². The van der Waals surface area contributed by atoms with Gasteiger partial charge in [-0.2, -0.15) is 0 Å². The third-order valence-corrected chi connectivity index (χ3v) is 1.50. The van der Waals surface area contributed by atoms with E-state index in [1.165, 1.54) is 0 Å². The van der Waals surface area contributed by atoms with Gasteiger partial charge in [-0.15, -0.1) is 0 Å². The van der Waals surface area contributed by atoms with Crippen LogP contribution in [-0.2, 0) is 9.47 Å². The Morgan fingerprint density at radius 3 is 1.50 bits per heavy atom. The summed E-state index contributed by atoms with van der Waals surface area (Å²) in [6.07, 6.45) is 0. The van der Waals surface area contributed by atoms with Crippen LogP contribution in [0.5, 0.6) is 0 Å². The summed E-state index contributed by atoms with van der Waals surface area (Å²) in [6, 6.07) is 0. The van der Waals surface area contributed by atoms with Crippen molar-refractivity contribution in [2.24, 2.45) is 0 Å². The van der Waals surface area contributed by atoms with Gasteiger partial charge in [-0.05, 0) is 13.8 Å². The molecule has 0 heterocycles. The minimum atomic E-state index is 0.283. The van der Waals surface area contributed by atoms with Crippen LogP contribution in [0.2, 0.25) is 0 Å². The fraction of sp³-hybridized carbons (Fsp3) is 1.00. The molecular formula is C6H12I2O2. The fourth-order valence-corrected chi connectivity index (χ4v) is 0.930. The van der Waals surface area contributed by atoms with Crippen molar-refractivity contribution in [1.29, 1.82) is 0 Å². The lowest BCUT2D eigenvalue weighted by Gasteiger charge is -2.07. The Hall–Kier alpha value is 1.38. The van der Waals surface area contributed by atoms with Crippen LogP contribution in [0.15, 0.2) is 0 Å². The summed E-state index contributed by atoms with van der Waals surface area (Å²) >= 11 is 4.44. The lowest BCUT2D eigenvalue weighted by atomic mass is 10.7. The Labute approximate surface area is 89.3 Å². The van der Waals surface area contributed by atoms with Gasteiger partial charge in [0.2, 0.25) is 0 Å². The zero-order chi connectivity index (χ0) is 7.98. The predicted octanol–water partition coefficient (Wildman–Crippen LogP) is 2.58. The van der Waals surface area contributed by atoms with Crippen molar-refractivity contribution in [3.63, 3.8) is 0 Å². The molecule has 62 valence electrons. The van der Waals surface area contributed by atoms with E-state index < -0.39 is 0 Å². The number of hydrogen-bond donors (Lipinski definition) is 0. The molecule has 0 rings (SSSR count). The second-order valence-corrected chi connectivity index (χ2v) is 5.34. The van der Waals surface area contributed by atoms with Crippen LogP contribution in [-0.4, -0.2) is 21.4 Å². The van der Waals surface area contributed by atoms with Crippen molar-refractivity contribution >= 4 is 45.2 Å². The first kappa shape index (κ1) is 11.4. The highest BCUT2D eigenvalue weighted by Crippen LogP contribution is 2.02. The molecule has 0 saturated carbocycles. The van der Waals surface area contributed by atoms with Gasteiger partial charge in [0.25, 0.3) is 0 Å². The maximum absolute atomic E-state index is 5.25. The number of hydrogen-bond acceptors (Lipinski definition) is 2. The molecule has 0 bridgehead atoms. The van der Waals surface area contributed by atoms with Gasteiger partial charge in [0, 0.05) is 0 Å². The predicted molar refractivity (Wildman–Crippen MR) is 58.9 cm³/mol. The summed E-state index contributed by atoms with van der Waals surface area (Å²) in [5, 5.41) is 0. The Kier molecular flexibility index (Phi) is 8.03. The molecule has 0 N–H and O–H groups in total. The SMILES string of the molecule is CC(I)OCCOC(C)I. The first-order valence-electron chi connectivity index (χ1n) is 3.14. The molecule has 0 aromatic carbocycles. The van der Waals surface area contributed by atoms with Gasteiger partial charge in [-0.25, -0.2) is 0 Å². The smallest absolute Gasteiger partial charge is 0.106 e. The maximum atomic E-state index is 5.25. The van der Waals surface area contributed by atoms with Crippen molar-refractivity contribution in [3.05, 3.63) is 0 Å². The average molecular weight is 370 g/mol. The molecule has 4 heteroatoms. The fourth-order valence-electron chi connectivity index (χ4n) is 0.421. The van der Waals surface area contributed by atoms with E-state index in [0.29, 0.717) is 13.2 Å². The van der Waals surface area contributed by atoms with Crippen LogP contribution in [0.1, 0.15) is 13.8 Å². The summed E-state index contributed by atoms with van der Waals surface area (Å²) in [7, 11) is 0. The summed E-state index contributed by atoms with van der Waals surface area (Å²) in [6.45, 7) is 5.40. The van der Waals surface area contributed by atoms with Crippen molar-refractivity contribution < 1.29 is 9.47 Å². The number of alkyl halides is 2. The molecule has 0 aliphatic carbocycles. The van der Waals surface area contributed by atoms with Crippen LogP contribution in [0.25, 0.3) is 0 Å². The summed E-state index contributed by atoms with van der Waals surface area (Å²) in [5.74, 6) is 0. The minimum Gasteiger partial charge on any atom is -0.366 e. The Bertz CT molecular complexity index is 66.1. The lowest BCUT2D eigenvalue weighted by molar-refractivity contribution is 0.0466. The number of halogens is 2. The topological polar surface area (TPSA) is 18.5 Å². The zero-order valence-corrected chi connectivity index (χ0v) is 10.5. The highest BCUT2D eigenvalue weighted by molar-refractivity contribution is 14.1. The summed E-state index contributed by atoms with van der Waals surface area (Å²) in [5.41, 5.74) is 0. The van der Waals surface area contributed by atoms with Gasteiger partial charge in [0.15, 0.2) is 0 Å². The molecule has 0 radical (unpaired) electrons. The van der Waals surface area contributed by atoms with Crippen LogP contribution in [0.4, 0.5) is 0 Å². The highest BCUT2D eigenvalue weighted by atomic mass is 127. The zero-order valence-electron chi connectivity index (χ0n) is 6.14. The summed E-state index contributed by atoms with van der Waals surface area (Å²) < 4.78 is 11.1. The van der Waals surface area contributed by atoms with Crippen LogP contribution in [0.3, 0.4) is 0 Å². The van der Waals surface area contributed by atoms with Crippen LogP contribution < -0.4 is 0 Å². The normalized spacial score (nSPS) is 16.8. The molecule has 2 unspecified atom stereocenters. The third kappa shape index (κ3) is 9.38. The van der Waals surface area contributed by atoms with Crippen molar-refractivity contribution in [1.82, 2.24) is 0 Å². The first-order chi connectivity index (χ1) is 4.63. The molecular weight excluding hydrogens is 358 g/mol. The molecule has 0 aliphatic rings. The van der Waals surface area contributed by atoms with E-state index in [4.69, 9.17) is 9.47 Å². The molecule has 0 saturated heterocycles. The minimum absolute atomic E-state index is 0.283. The Morgan fingerprint density at radius 2 is 1.30 bits per heavy atom. The van der Waals surface area contributed by atoms with Crippen LogP contribution in [0, 0.1) is 0 Å². The largest absolute Gasteiger partial charge is 0.366 e. The number of rotatable bonds is 5. The molecule has 10 heavy (non-hydrogen) atoms. The highest BCUT2D eigenvalue weighted by Gasteiger charge is 1.96. The quantitative estimate of drug-likeness (QED) is 0.421. The van der Waals surface area contributed by atoms with Gasteiger partial charge in [0.1, 0.15) is 8.22 Å². The van der Waals surface area contributed by atoms with Crippen molar-refractivity contribution in [2.45, 2.75) is 22.1 Å². The van der Waals surface area contributed by atoms with Crippen LogP contribution >= 0.6 is 45.2 Å². The number of ether oxygens (including phenoxy) is 2. The van der Waals surface area contributed by atoms with E-state index in [1.807, 2.05) is 13.8 Å². The summed E-state index contributed by atoms with van der Waals surface area (Å²) in [4.78, 5) is 0. The molecule has 0 spiro atoms. The molecule has 0 aliphatic heterocycles. The molecule has 0 aromatic heterocycles. The molecule has 0 amide bonds. The van der Waals surface area contributed by atoms with E-state index in [2.05, 4.69) is 45.2 Å². The molecule has 2 atom stereocenters. The van der Waals surface area contributed by atoms with E-state index in [-0.39, 0.29) is 8.22 Å². The second-order valence-electron chi connectivity index (χ2n) is 1.83. The molecule has 0 fully saturated rings. The van der Waals surface area contributed by atoms with Gasteiger partial charge < -0.3 is 9.47 Å². The first-order valence-corrected chi connectivity index (χ1v) is 5.63. The molecule has 0 aromatic rings. The van der Waals surface area contributed by atoms with Gasteiger partial charge in [-0.1, -0.05) is 45.2 Å². The standard InChI is InChI=1S/C6H12I2O2/c1-5(7)9-3-4-10-6(2)8/h5-6H,3-4H2,1-2H3. The van der Waals surface area contributed by atoms with Crippen molar-refractivity contribution in [2.75, 3.05) is 13.2 Å². The van der Waals surface area contributed by atoms with Gasteiger partial charge >= 0.3 is 0 Å². The lowest BCUT2D eigenvalue weighted by Crippen LogP contribution is -2.09. The van der Waals surface area contributed by atoms with E-state index in [9.17, 15) is 0 Å². The van der Waals surface area contributed by atoms with Crippen molar-refractivity contribution in [3.8, 4) is 0 Å². The van der Waals surface area contributed by atoms with Gasteiger partial charge in [0.05, 0.1) is 13.2 Å². The second kappa shape index (κ2) is 7.05. The molecule has 2 nitrogen and oxygen atoms in total. The monoisotopic (exact) mass is 370 g/mol. The third-order valence-electron chi connectivity index (χ3n) is 0.778. The van der Waals surface area contributed by atoms with Gasteiger partial charge in [-0.3, -0.25) is 0 Å². The Morgan fingerprint density at radius 1 is 1.00 bits per heavy atom. The Balaban J connectivity index is 2.91. The van der Waals surface area contributed by atoms with E-state index >= 15 is 0 Å². The maximum Gasteiger partial charge on any atom is 0.106 e.